The molecule has 136 valence electrons. The number of hydrogen-bond acceptors (Lipinski definition) is 5. The minimum Gasteiger partial charge on any atom is -0.378 e. The number of carbonyl (C=O) groups is 1. The van der Waals surface area contributed by atoms with Gasteiger partial charge in [0.1, 0.15) is 17.5 Å². The maximum atomic E-state index is 13.5. The molecule has 6 nitrogen and oxygen atoms in total. The van der Waals surface area contributed by atoms with E-state index in [1.807, 2.05) is 6.92 Å². The number of rotatable bonds is 2. The van der Waals surface area contributed by atoms with Gasteiger partial charge in [0.15, 0.2) is 0 Å². The lowest BCUT2D eigenvalue weighted by Gasteiger charge is -2.34. The summed E-state index contributed by atoms with van der Waals surface area (Å²) >= 11 is 0. The van der Waals surface area contributed by atoms with Crippen molar-refractivity contribution in [2.45, 2.75) is 19.9 Å². The molecule has 0 radical (unpaired) electrons. The zero-order chi connectivity index (χ0) is 18.1. The lowest BCUT2D eigenvalue weighted by atomic mass is 10.0. The van der Waals surface area contributed by atoms with Gasteiger partial charge in [0.05, 0.1) is 25.5 Å². The maximum Gasteiger partial charge on any atom is 0.254 e. The molecule has 1 aromatic carbocycles. The van der Waals surface area contributed by atoms with Crippen molar-refractivity contribution in [1.29, 1.82) is 0 Å². The molecule has 0 bridgehead atoms. The molecule has 0 unspecified atom stereocenters. The highest BCUT2D eigenvalue weighted by molar-refractivity contribution is 5.94. The molecule has 7 heteroatoms. The fourth-order valence-electron chi connectivity index (χ4n) is 3.53. The number of amides is 1. The molecule has 1 aromatic heterocycles. The lowest BCUT2D eigenvalue weighted by molar-refractivity contribution is 0.0732. The zero-order valence-corrected chi connectivity index (χ0v) is 14.7. The van der Waals surface area contributed by atoms with Crippen LogP contribution in [0.4, 0.5) is 10.2 Å². The molecule has 0 aliphatic carbocycles. The van der Waals surface area contributed by atoms with Crippen LogP contribution < -0.4 is 4.90 Å². The SMILES string of the molecule is Cc1nc2c(c(N3CCOCC3)n1)CN(C(=O)c1cccc(F)c1)CC2. The van der Waals surface area contributed by atoms with E-state index in [-0.39, 0.29) is 5.91 Å². The smallest absolute Gasteiger partial charge is 0.254 e. The third kappa shape index (κ3) is 3.26. The normalized spacial score (nSPS) is 17.2. The van der Waals surface area contributed by atoms with Crippen molar-refractivity contribution in [2.75, 3.05) is 37.7 Å². The van der Waals surface area contributed by atoms with Crippen LogP contribution in [0, 0.1) is 12.7 Å². The molecule has 1 saturated heterocycles. The topological polar surface area (TPSA) is 58.6 Å². The molecule has 2 aromatic rings. The number of aryl methyl sites for hydroxylation is 1. The summed E-state index contributed by atoms with van der Waals surface area (Å²) in [5.74, 6) is 1.08. The molecule has 3 heterocycles. The van der Waals surface area contributed by atoms with Crippen molar-refractivity contribution >= 4 is 11.7 Å². The van der Waals surface area contributed by atoms with Gasteiger partial charge in [-0.15, -0.1) is 0 Å². The summed E-state index contributed by atoms with van der Waals surface area (Å²) < 4.78 is 18.9. The quantitative estimate of drug-likeness (QED) is 0.823. The van der Waals surface area contributed by atoms with Crippen LogP contribution in [0.5, 0.6) is 0 Å². The number of hydrogen-bond donors (Lipinski definition) is 0. The fourth-order valence-corrected chi connectivity index (χ4v) is 3.53. The molecule has 4 rings (SSSR count). The fraction of sp³-hybridized carbons (Fsp3) is 0.421. The van der Waals surface area contributed by atoms with Gasteiger partial charge in [0.2, 0.25) is 0 Å². The van der Waals surface area contributed by atoms with Crippen LogP contribution in [0.25, 0.3) is 0 Å². The standard InChI is InChI=1S/C19H21FN4O2/c1-13-21-17-5-6-24(19(25)14-3-2-4-15(20)11-14)12-16(17)18(22-13)23-7-9-26-10-8-23/h2-4,11H,5-10,12H2,1H3. The predicted octanol–water partition coefficient (Wildman–Crippen LogP) is 1.96. The maximum absolute atomic E-state index is 13.5. The van der Waals surface area contributed by atoms with Gasteiger partial charge in [-0.25, -0.2) is 14.4 Å². The van der Waals surface area contributed by atoms with Gasteiger partial charge in [0.25, 0.3) is 5.91 Å². The molecule has 1 fully saturated rings. The van der Waals surface area contributed by atoms with E-state index in [1.165, 1.54) is 12.1 Å². The Hall–Kier alpha value is -2.54. The summed E-state index contributed by atoms with van der Waals surface area (Å²) in [6, 6.07) is 5.84. The van der Waals surface area contributed by atoms with E-state index in [4.69, 9.17) is 4.74 Å². The zero-order valence-electron chi connectivity index (χ0n) is 14.7. The summed E-state index contributed by atoms with van der Waals surface area (Å²) in [7, 11) is 0. The highest BCUT2D eigenvalue weighted by Gasteiger charge is 2.28. The van der Waals surface area contributed by atoms with Gasteiger partial charge in [-0.1, -0.05) is 6.07 Å². The summed E-state index contributed by atoms with van der Waals surface area (Å²) in [5, 5.41) is 0. The largest absolute Gasteiger partial charge is 0.378 e. The first-order valence-corrected chi connectivity index (χ1v) is 8.86. The van der Waals surface area contributed by atoms with Crippen molar-refractivity contribution in [2.24, 2.45) is 0 Å². The Morgan fingerprint density at radius 3 is 2.77 bits per heavy atom. The van der Waals surface area contributed by atoms with Crippen LogP contribution >= 0.6 is 0 Å². The van der Waals surface area contributed by atoms with Crippen LogP contribution in [-0.2, 0) is 17.7 Å². The van der Waals surface area contributed by atoms with E-state index >= 15 is 0 Å². The molecular weight excluding hydrogens is 335 g/mol. The van der Waals surface area contributed by atoms with Crippen LogP contribution in [0.3, 0.4) is 0 Å². The van der Waals surface area contributed by atoms with E-state index in [0.29, 0.717) is 38.3 Å². The predicted molar refractivity (Wildman–Crippen MR) is 94.6 cm³/mol. The van der Waals surface area contributed by atoms with Crippen molar-refractivity contribution < 1.29 is 13.9 Å². The number of fused-ring (bicyclic) bond motifs is 1. The number of anilines is 1. The molecule has 26 heavy (non-hydrogen) atoms. The molecular formula is C19H21FN4O2. The minimum absolute atomic E-state index is 0.163. The first-order valence-electron chi connectivity index (χ1n) is 8.86. The van der Waals surface area contributed by atoms with E-state index < -0.39 is 5.82 Å². The van der Waals surface area contributed by atoms with Crippen LogP contribution in [0.2, 0.25) is 0 Å². The van der Waals surface area contributed by atoms with Crippen LogP contribution in [0.15, 0.2) is 24.3 Å². The second-order valence-electron chi connectivity index (χ2n) is 6.61. The Bertz CT molecular complexity index is 836. The first kappa shape index (κ1) is 16.9. The van der Waals surface area contributed by atoms with E-state index in [9.17, 15) is 9.18 Å². The van der Waals surface area contributed by atoms with Crippen molar-refractivity contribution in [3.63, 3.8) is 0 Å². The van der Waals surface area contributed by atoms with Crippen LogP contribution in [-0.4, -0.2) is 53.6 Å². The molecule has 0 saturated carbocycles. The third-order valence-corrected chi connectivity index (χ3v) is 4.82. The average molecular weight is 356 g/mol. The van der Waals surface area contributed by atoms with E-state index in [2.05, 4.69) is 14.9 Å². The molecule has 2 aliphatic heterocycles. The van der Waals surface area contributed by atoms with Gasteiger partial charge in [-0.05, 0) is 25.1 Å². The monoisotopic (exact) mass is 356 g/mol. The number of carbonyl (C=O) groups excluding carboxylic acids is 1. The number of aromatic nitrogens is 2. The number of benzene rings is 1. The second kappa shape index (κ2) is 6.99. The van der Waals surface area contributed by atoms with Gasteiger partial charge in [0, 0.05) is 37.2 Å². The summed E-state index contributed by atoms with van der Waals surface area (Å²) in [5.41, 5.74) is 2.37. The van der Waals surface area contributed by atoms with Crippen LogP contribution in [0.1, 0.15) is 27.4 Å². The Balaban J connectivity index is 1.64. The summed E-state index contributed by atoms with van der Waals surface area (Å²) in [6.07, 6.45) is 0.678. The number of ether oxygens (including phenoxy) is 1. The Labute approximate surface area is 151 Å². The highest BCUT2D eigenvalue weighted by Crippen LogP contribution is 2.28. The summed E-state index contributed by atoms with van der Waals surface area (Å²) in [6.45, 7) is 5.81. The van der Waals surface area contributed by atoms with Crippen molar-refractivity contribution in [3.05, 3.63) is 52.7 Å². The average Bonchev–Trinajstić information content (AvgIpc) is 2.67. The van der Waals surface area contributed by atoms with Gasteiger partial charge < -0.3 is 14.5 Å². The number of halogens is 1. The van der Waals surface area contributed by atoms with Crippen molar-refractivity contribution in [3.8, 4) is 0 Å². The summed E-state index contributed by atoms with van der Waals surface area (Å²) in [4.78, 5) is 26.0. The minimum atomic E-state index is -0.402. The van der Waals surface area contributed by atoms with E-state index in [0.717, 1.165) is 36.0 Å². The molecule has 0 N–H and O–H groups in total. The first-order chi connectivity index (χ1) is 12.6. The van der Waals surface area contributed by atoms with Gasteiger partial charge >= 0.3 is 0 Å². The molecule has 0 atom stereocenters. The number of nitrogens with zero attached hydrogens (tertiary/aromatic N) is 4. The molecule has 0 spiro atoms. The van der Waals surface area contributed by atoms with Gasteiger partial charge in [-0.2, -0.15) is 0 Å². The van der Waals surface area contributed by atoms with E-state index in [1.54, 1.807) is 17.0 Å². The molecule has 1 amide bonds. The Kier molecular flexibility index (Phi) is 4.55. The lowest BCUT2D eigenvalue weighted by Crippen LogP contribution is -2.41. The number of morpholine rings is 1. The Morgan fingerprint density at radius 2 is 2.00 bits per heavy atom. The van der Waals surface area contributed by atoms with Gasteiger partial charge in [-0.3, -0.25) is 4.79 Å². The third-order valence-electron chi connectivity index (χ3n) is 4.82. The highest BCUT2D eigenvalue weighted by atomic mass is 19.1. The Morgan fingerprint density at radius 1 is 1.19 bits per heavy atom. The molecule has 2 aliphatic rings. The van der Waals surface area contributed by atoms with Crippen molar-refractivity contribution in [1.82, 2.24) is 14.9 Å². The second-order valence-corrected chi connectivity index (χ2v) is 6.61.